The first kappa shape index (κ1) is 14.0. The van der Waals surface area contributed by atoms with Crippen molar-refractivity contribution in [2.24, 2.45) is 0 Å². The zero-order valence-corrected chi connectivity index (χ0v) is 11.9. The lowest BCUT2D eigenvalue weighted by atomic mass is 9.83. The van der Waals surface area contributed by atoms with Crippen LogP contribution in [-0.2, 0) is 4.74 Å². The molecular formula is C17H13NO4. The van der Waals surface area contributed by atoms with Gasteiger partial charge in [-0.05, 0) is 19.1 Å². The average molecular weight is 295 g/mol. The summed E-state index contributed by atoms with van der Waals surface area (Å²) < 4.78 is 4.92. The Kier molecular flexibility index (Phi) is 3.25. The number of fused-ring (bicyclic) bond motifs is 2. The number of rotatable bonds is 2. The number of nitrogen functional groups attached to an aromatic ring is 1. The number of nitrogens with two attached hydrogens (primary N) is 1. The van der Waals surface area contributed by atoms with Gasteiger partial charge in [-0.15, -0.1) is 0 Å². The van der Waals surface area contributed by atoms with Crippen LogP contribution in [0.5, 0.6) is 0 Å². The van der Waals surface area contributed by atoms with Gasteiger partial charge in [0.2, 0.25) is 0 Å². The van der Waals surface area contributed by atoms with E-state index < -0.39 is 5.97 Å². The monoisotopic (exact) mass is 295 g/mol. The van der Waals surface area contributed by atoms with Crippen LogP contribution in [0.25, 0.3) is 0 Å². The first-order chi connectivity index (χ1) is 10.5. The quantitative estimate of drug-likeness (QED) is 0.578. The van der Waals surface area contributed by atoms with E-state index in [-0.39, 0.29) is 40.6 Å². The number of esters is 1. The third-order valence-electron chi connectivity index (χ3n) is 3.59. The first-order valence-corrected chi connectivity index (χ1v) is 6.83. The Hall–Kier alpha value is -2.95. The summed E-state index contributed by atoms with van der Waals surface area (Å²) in [6.07, 6.45) is 0. The van der Waals surface area contributed by atoms with Crippen molar-refractivity contribution in [2.45, 2.75) is 6.92 Å². The Morgan fingerprint density at radius 1 is 1.00 bits per heavy atom. The van der Waals surface area contributed by atoms with Crippen molar-refractivity contribution >= 4 is 23.2 Å². The zero-order valence-electron chi connectivity index (χ0n) is 11.9. The molecule has 0 atom stereocenters. The van der Waals surface area contributed by atoms with Crippen LogP contribution in [0.15, 0.2) is 36.4 Å². The van der Waals surface area contributed by atoms with Crippen LogP contribution in [0.4, 0.5) is 5.69 Å². The summed E-state index contributed by atoms with van der Waals surface area (Å²) in [4.78, 5) is 36.9. The highest BCUT2D eigenvalue weighted by molar-refractivity contribution is 6.29. The summed E-state index contributed by atoms with van der Waals surface area (Å²) in [6, 6.07) is 9.31. The van der Waals surface area contributed by atoms with Crippen LogP contribution in [-0.4, -0.2) is 24.1 Å². The van der Waals surface area contributed by atoms with Crippen LogP contribution in [0.2, 0.25) is 0 Å². The molecule has 2 aromatic carbocycles. The van der Waals surface area contributed by atoms with Gasteiger partial charge in [0.25, 0.3) is 0 Å². The number of hydrogen-bond acceptors (Lipinski definition) is 5. The number of anilines is 1. The number of carbonyl (C=O) groups excluding carboxylic acids is 3. The molecule has 0 aliphatic heterocycles. The van der Waals surface area contributed by atoms with Crippen LogP contribution in [0.1, 0.15) is 49.1 Å². The molecule has 0 saturated heterocycles. The van der Waals surface area contributed by atoms with Gasteiger partial charge >= 0.3 is 5.97 Å². The molecule has 0 fully saturated rings. The van der Waals surface area contributed by atoms with Crippen molar-refractivity contribution in [3.63, 3.8) is 0 Å². The summed E-state index contributed by atoms with van der Waals surface area (Å²) in [6.45, 7) is 1.88. The molecule has 0 bridgehead atoms. The van der Waals surface area contributed by atoms with E-state index in [1.54, 1.807) is 31.2 Å². The summed E-state index contributed by atoms with van der Waals surface area (Å²) in [7, 11) is 0. The molecule has 0 aromatic heterocycles. The second-order valence-corrected chi connectivity index (χ2v) is 4.91. The third-order valence-corrected chi connectivity index (χ3v) is 3.59. The minimum absolute atomic E-state index is 0.0983. The fourth-order valence-electron chi connectivity index (χ4n) is 2.55. The van der Waals surface area contributed by atoms with E-state index >= 15 is 0 Å². The van der Waals surface area contributed by atoms with Crippen molar-refractivity contribution in [1.29, 1.82) is 0 Å². The largest absolute Gasteiger partial charge is 0.462 e. The molecule has 2 aromatic rings. The minimum Gasteiger partial charge on any atom is -0.462 e. The molecule has 0 radical (unpaired) electrons. The maximum atomic E-state index is 12.6. The smallest absolute Gasteiger partial charge is 0.340 e. The van der Waals surface area contributed by atoms with Gasteiger partial charge in [0.05, 0.1) is 12.2 Å². The molecule has 1 aliphatic carbocycles. The van der Waals surface area contributed by atoms with E-state index in [4.69, 9.17) is 10.5 Å². The third kappa shape index (κ3) is 1.98. The molecule has 0 unspecified atom stereocenters. The predicted octanol–water partition coefficient (Wildman–Crippen LogP) is 2.22. The maximum Gasteiger partial charge on any atom is 0.340 e. The topological polar surface area (TPSA) is 86.5 Å². The lowest BCUT2D eigenvalue weighted by molar-refractivity contribution is 0.0527. The van der Waals surface area contributed by atoms with Crippen LogP contribution < -0.4 is 5.73 Å². The van der Waals surface area contributed by atoms with E-state index in [0.717, 1.165) is 0 Å². The number of ketones is 2. The number of benzene rings is 2. The number of hydrogen-bond donors (Lipinski definition) is 1. The summed E-state index contributed by atoms with van der Waals surface area (Å²) in [5, 5.41) is 0. The highest BCUT2D eigenvalue weighted by Gasteiger charge is 2.31. The summed E-state index contributed by atoms with van der Waals surface area (Å²) >= 11 is 0. The molecule has 0 spiro atoms. The molecule has 3 rings (SSSR count). The summed E-state index contributed by atoms with van der Waals surface area (Å²) in [5.41, 5.74) is 7.14. The Labute approximate surface area is 126 Å². The van der Waals surface area contributed by atoms with E-state index in [1.807, 2.05) is 0 Å². The lowest BCUT2D eigenvalue weighted by Gasteiger charge is -2.18. The SMILES string of the molecule is CCOC(=O)c1cc2c(cc1N)C(=O)c1ccccc1C2=O. The van der Waals surface area contributed by atoms with Crippen molar-refractivity contribution in [3.8, 4) is 0 Å². The number of carbonyl (C=O) groups is 3. The van der Waals surface area contributed by atoms with E-state index in [1.165, 1.54) is 12.1 Å². The van der Waals surface area contributed by atoms with E-state index in [2.05, 4.69) is 0 Å². The van der Waals surface area contributed by atoms with Crippen LogP contribution in [0, 0.1) is 0 Å². The predicted molar refractivity (Wildman–Crippen MR) is 80.1 cm³/mol. The van der Waals surface area contributed by atoms with E-state index in [9.17, 15) is 14.4 Å². The minimum atomic E-state index is -0.609. The summed E-state index contributed by atoms with van der Waals surface area (Å²) in [5.74, 6) is -1.18. The number of ether oxygens (including phenoxy) is 1. The van der Waals surface area contributed by atoms with Gasteiger partial charge in [-0.3, -0.25) is 9.59 Å². The molecule has 1 aliphatic rings. The normalized spacial score (nSPS) is 12.6. The van der Waals surface area contributed by atoms with Gasteiger partial charge in [0.15, 0.2) is 11.6 Å². The fourth-order valence-corrected chi connectivity index (χ4v) is 2.55. The molecule has 5 nitrogen and oxygen atoms in total. The second kappa shape index (κ2) is 5.11. The van der Waals surface area contributed by atoms with Gasteiger partial charge in [-0.2, -0.15) is 0 Å². The Balaban J connectivity index is 2.19. The van der Waals surface area contributed by atoms with Gasteiger partial charge in [-0.1, -0.05) is 24.3 Å². The van der Waals surface area contributed by atoms with Crippen molar-refractivity contribution in [1.82, 2.24) is 0 Å². The molecule has 22 heavy (non-hydrogen) atoms. The van der Waals surface area contributed by atoms with Gasteiger partial charge < -0.3 is 10.5 Å². The van der Waals surface area contributed by atoms with Gasteiger partial charge in [-0.25, -0.2) is 4.79 Å². The van der Waals surface area contributed by atoms with Crippen LogP contribution in [0.3, 0.4) is 0 Å². The second-order valence-electron chi connectivity index (χ2n) is 4.91. The average Bonchev–Trinajstić information content (AvgIpc) is 2.52. The molecule has 0 saturated carbocycles. The molecule has 2 N–H and O–H groups in total. The van der Waals surface area contributed by atoms with E-state index in [0.29, 0.717) is 11.1 Å². The highest BCUT2D eigenvalue weighted by Crippen LogP contribution is 2.30. The molecule has 0 amide bonds. The maximum absolute atomic E-state index is 12.6. The Morgan fingerprint density at radius 2 is 1.55 bits per heavy atom. The molecule has 5 heteroatoms. The van der Waals surface area contributed by atoms with Crippen molar-refractivity contribution in [2.75, 3.05) is 12.3 Å². The van der Waals surface area contributed by atoms with Crippen LogP contribution >= 0.6 is 0 Å². The lowest BCUT2D eigenvalue weighted by Crippen LogP contribution is -2.22. The molecular weight excluding hydrogens is 282 g/mol. The van der Waals surface area contributed by atoms with Crippen molar-refractivity contribution < 1.29 is 19.1 Å². The van der Waals surface area contributed by atoms with Gasteiger partial charge in [0.1, 0.15) is 0 Å². The molecule has 0 heterocycles. The fraction of sp³-hybridized carbons (Fsp3) is 0.118. The molecule has 110 valence electrons. The highest BCUT2D eigenvalue weighted by atomic mass is 16.5. The van der Waals surface area contributed by atoms with Crippen molar-refractivity contribution in [3.05, 3.63) is 64.2 Å². The first-order valence-electron chi connectivity index (χ1n) is 6.83. The zero-order chi connectivity index (χ0) is 15.9. The Bertz CT molecular complexity index is 823. The van der Waals surface area contributed by atoms with Gasteiger partial charge in [0, 0.05) is 27.9 Å². The Morgan fingerprint density at radius 3 is 2.09 bits per heavy atom. The standard InChI is InChI=1S/C17H13NO4/c1-2-22-17(21)13-7-11-12(8-14(13)18)16(20)10-6-4-3-5-9(10)15(11)19/h3-8H,2,18H2,1H3.